The summed E-state index contributed by atoms with van der Waals surface area (Å²) in [5.74, 6) is 0. The van der Waals surface area contributed by atoms with Gasteiger partial charge >= 0.3 is 0 Å². The average molecular weight is 190 g/mol. The maximum absolute atomic E-state index is 5.66. The van der Waals surface area contributed by atoms with Crippen LogP contribution in [0.5, 0.6) is 0 Å². The number of ether oxygens (including phenoxy) is 1. The van der Waals surface area contributed by atoms with Gasteiger partial charge in [0, 0.05) is 24.8 Å². The van der Waals surface area contributed by atoms with E-state index in [0.29, 0.717) is 0 Å². The van der Waals surface area contributed by atoms with Crippen molar-refractivity contribution in [3.63, 3.8) is 0 Å². The Balaban J connectivity index is 2.12. The summed E-state index contributed by atoms with van der Waals surface area (Å²) in [7, 11) is 0. The molecular formula is C12H16NO. The number of para-hydroxylation sites is 1. The van der Waals surface area contributed by atoms with Gasteiger partial charge in [-0.05, 0) is 19.9 Å². The Morgan fingerprint density at radius 2 is 2.29 bits per heavy atom. The zero-order chi connectivity index (χ0) is 10.0. The van der Waals surface area contributed by atoms with Crippen molar-refractivity contribution >= 4 is 5.69 Å². The van der Waals surface area contributed by atoms with Gasteiger partial charge in [0.05, 0.1) is 12.2 Å². The summed E-state index contributed by atoms with van der Waals surface area (Å²) in [5.41, 5.74) is 1.13. The summed E-state index contributed by atoms with van der Waals surface area (Å²) in [6.07, 6.45) is 0. The summed E-state index contributed by atoms with van der Waals surface area (Å²) in [4.78, 5) is 2.32. The quantitative estimate of drug-likeness (QED) is 0.672. The van der Waals surface area contributed by atoms with E-state index in [2.05, 4.69) is 30.9 Å². The van der Waals surface area contributed by atoms with Gasteiger partial charge in [0.2, 0.25) is 0 Å². The SMILES string of the molecule is CC1(C)CN(c2[c]cccc2)CCO1. The number of morpholine rings is 1. The summed E-state index contributed by atoms with van der Waals surface area (Å²) in [6.45, 7) is 6.96. The van der Waals surface area contributed by atoms with Gasteiger partial charge in [-0.3, -0.25) is 0 Å². The Bertz CT molecular complexity index is 294. The highest BCUT2D eigenvalue weighted by Gasteiger charge is 2.27. The minimum atomic E-state index is -0.0398. The summed E-state index contributed by atoms with van der Waals surface area (Å²) in [6, 6.07) is 11.3. The Labute approximate surface area is 85.5 Å². The summed E-state index contributed by atoms with van der Waals surface area (Å²) < 4.78 is 5.66. The predicted molar refractivity (Wildman–Crippen MR) is 57.5 cm³/mol. The molecule has 0 unspecified atom stereocenters. The maximum Gasteiger partial charge on any atom is 0.0801 e. The van der Waals surface area contributed by atoms with Crippen molar-refractivity contribution in [1.29, 1.82) is 0 Å². The molecule has 0 aliphatic carbocycles. The van der Waals surface area contributed by atoms with Gasteiger partial charge in [0.15, 0.2) is 0 Å². The van der Waals surface area contributed by atoms with Crippen LogP contribution < -0.4 is 4.90 Å². The second-order valence-corrected chi connectivity index (χ2v) is 4.28. The van der Waals surface area contributed by atoms with Crippen LogP contribution in [0.1, 0.15) is 13.8 Å². The van der Waals surface area contributed by atoms with Crippen molar-refractivity contribution in [2.24, 2.45) is 0 Å². The number of rotatable bonds is 1. The smallest absolute Gasteiger partial charge is 0.0801 e. The van der Waals surface area contributed by atoms with Crippen LogP contribution in [0.4, 0.5) is 5.69 Å². The van der Waals surface area contributed by atoms with Crippen molar-refractivity contribution in [3.05, 3.63) is 30.3 Å². The molecule has 0 bridgehead atoms. The number of hydrogen-bond donors (Lipinski definition) is 0. The Morgan fingerprint density at radius 1 is 1.43 bits per heavy atom. The molecule has 0 spiro atoms. The first kappa shape index (κ1) is 9.53. The van der Waals surface area contributed by atoms with Crippen LogP contribution in [0.25, 0.3) is 0 Å². The fourth-order valence-corrected chi connectivity index (χ4v) is 1.80. The third-order valence-corrected chi connectivity index (χ3v) is 2.46. The van der Waals surface area contributed by atoms with E-state index < -0.39 is 0 Å². The van der Waals surface area contributed by atoms with Gasteiger partial charge in [-0.25, -0.2) is 0 Å². The first-order valence-corrected chi connectivity index (χ1v) is 5.03. The van der Waals surface area contributed by atoms with Crippen LogP contribution in [-0.4, -0.2) is 25.3 Å². The molecule has 0 amide bonds. The van der Waals surface area contributed by atoms with Gasteiger partial charge in [-0.1, -0.05) is 18.2 Å². The monoisotopic (exact) mass is 190 g/mol. The molecule has 0 saturated carbocycles. The summed E-state index contributed by atoms with van der Waals surface area (Å²) >= 11 is 0. The predicted octanol–water partition coefficient (Wildman–Crippen LogP) is 2.10. The van der Waals surface area contributed by atoms with Crippen LogP contribution in [0.15, 0.2) is 24.3 Å². The van der Waals surface area contributed by atoms with Crippen molar-refractivity contribution in [1.82, 2.24) is 0 Å². The molecule has 14 heavy (non-hydrogen) atoms. The van der Waals surface area contributed by atoms with Gasteiger partial charge < -0.3 is 9.64 Å². The lowest BCUT2D eigenvalue weighted by molar-refractivity contribution is -0.0277. The molecule has 2 heteroatoms. The molecule has 0 N–H and O–H groups in total. The van der Waals surface area contributed by atoms with Gasteiger partial charge in [0.25, 0.3) is 0 Å². The molecule has 1 aromatic carbocycles. The maximum atomic E-state index is 5.66. The lowest BCUT2D eigenvalue weighted by Crippen LogP contribution is -2.48. The zero-order valence-electron chi connectivity index (χ0n) is 8.79. The largest absolute Gasteiger partial charge is 0.372 e. The van der Waals surface area contributed by atoms with Crippen molar-refractivity contribution < 1.29 is 4.74 Å². The van der Waals surface area contributed by atoms with Gasteiger partial charge in [0.1, 0.15) is 0 Å². The first-order chi connectivity index (χ1) is 6.67. The van der Waals surface area contributed by atoms with Crippen molar-refractivity contribution in [3.8, 4) is 0 Å². The lowest BCUT2D eigenvalue weighted by Gasteiger charge is -2.39. The molecule has 1 aromatic rings. The average Bonchev–Trinajstić information content (AvgIpc) is 2.18. The van der Waals surface area contributed by atoms with Gasteiger partial charge in [-0.2, -0.15) is 0 Å². The van der Waals surface area contributed by atoms with E-state index in [1.54, 1.807) is 0 Å². The standard InChI is InChI=1S/C12H16NO/c1-12(2)10-13(8-9-14-12)11-6-4-3-5-7-11/h3-6H,8-10H2,1-2H3. The molecule has 1 fully saturated rings. The minimum absolute atomic E-state index is 0.0398. The van der Waals surface area contributed by atoms with E-state index >= 15 is 0 Å². The van der Waals surface area contributed by atoms with E-state index in [1.807, 2.05) is 18.2 Å². The fourth-order valence-electron chi connectivity index (χ4n) is 1.80. The van der Waals surface area contributed by atoms with Crippen molar-refractivity contribution in [2.45, 2.75) is 19.4 Å². The van der Waals surface area contributed by atoms with Crippen LogP contribution >= 0.6 is 0 Å². The number of nitrogens with zero attached hydrogens (tertiary/aromatic N) is 1. The van der Waals surface area contributed by atoms with Crippen LogP contribution in [-0.2, 0) is 4.74 Å². The number of anilines is 1. The lowest BCUT2D eigenvalue weighted by atomic mass is 10.1. The normalized spacial score (nSPS) is 20.9. The Kier molecular flexibility index (Phi) is 2.46. The Morgan fingerprint density at radius 3 is 2.93 bits per heavy atom. The highest BCUT2D eigenvalue weighted by atomic mass is 16.5. The second-order valence-electron chi connectivity index (χ2n) is 4.28. The molecule has 1 aliphatic heterocycles. The van der Waals surface area contributed by atoms with E-state index in [4.69, 9.17) is 4.74 Å². The van der Waals surface area contributed by atoms with E-state index in [-0.39, 0.29) is 5.60 Å². The molecular weight excluding hydrogens is 174 g/mol. The molecule has 0 atom stereocenters. The molecule has 2 nitrogen and oxygen atoms in total. The van der Waals surface area contributed by atoms with E-state index in [0.717, 1.165) is 19.7 Å². The van der Waals surface area contributed by atoms with Gasteiger partial charge in [-0.15, -0.1) is 0 Å². The van der Waals surface area contributed by atoms with Crippen LogP contribution in [0.3, 0.4) is 0 Å². The highest BCUT2D eigenvalue weighted by molar-refractivity contribution is 5.45. The van der Waals surface area contributed by atoms with Crippen LogP contribution in [0.2, 0.25) is 0 Å². The molecule has 1 saturated heterocycles. The topological polar surface area (TPSA) is 12.5 Å². The third-order valence-electron chi connectivity index (χ3n) is 2.46. The number of benzene rings is 1. The molecule has 2 rings (SSSR count). The first-order valence-electron chi connectivity index (χ1n) is 5.03. The molecule has 1 heterocycles. The Hall–Kier alpha value is -1.02. The molecule has 0 aromatic heterocycles. The van der Waals surface area contributed by atoms with E-state index in [1.165, 1.54) is 5.69 Å². The summed E-state index contributed by atoms with van der Waals surface area (Å²) in [5, 5.41) is 0. The fraction of sp³-hybridized carbons (Fsp3) is 0.500. The second kappa shape index (κ2) is 3.62. The number of hydrogen-bond acceptors (Lipinski definition) is 2. The molecule has 1 radical (unpaired) electrons. The highest BCUT2D eigenvalue weighted by Crippen LogP contribution is 2.21. The molecule has 1 aliphatic rings. The minimum Gasteiger partial charge on any atom is -0.372 e. The zero-order valence-corrected chi connectivity index (χ0v) is 8.79. The molecule has 75 valence electrons. The van der Waals surface area contributed by atoms with Crippen LogP contribution in [0, 0.1) is 6.07 Å². The van der Waals surface area contributed by atoms with Crippen molar-refractivity contribution in [2.75, 3.05) is 24.6 Å². The third kappa shape index (κ3) is 2.07. The van der Waals surface area contributed by atoms with E-state index in [9.17, 15) is 0 Å².